The van der Waals surface area contributed by atoms with E-state index >= 15 is 0 Å². The molecule has 0 aliphatic carbocycles. The van der Waals surface area contributed by atoms with Crippen molar-refractivity contribution in [2.24, 2.45) is 5.73 Å². The molecular formula is C18H24N2. The zero-order chi connectivity index (χ0) is 14.7. The second-order valence-electron chi connectivity index (χ2n) is 5.50. The fourth-order valence-electron chi connectivity index (χ4n) is 2.65. The molecule has 0 saturated heterocycles. The third-order valence-electron chi connectivity index (χ3n) is 3.84. The van der Waals surface area contributed by atoms with Gasteiger partial charge >= 0.3 is 0 Å². The summed E-state index contributed by atoms with van der Waals surface area (Å²) >= 11 is 0. The summed E-state index contributed by atoms with van der Waals surface area (Å²) in [7, 11) is 2.12. The highest BCUT2D eigenvalue weighted by Crippen LogP contribution is 2.28. The summed E-state index contributed by atoms with van der Waals surface area (Å²) in [6.45, 7) is 7.15. The van der Waals surface area contributed by atoms with Gasteiger partial charge in [0.15, 0.2) is 0 Å². The largest absolute Gasteiger partial charge is 0.344 e. The van der Waals surface area contributed by atoms with Gasteiger partial charge in [-0.2, -0.15) is 0 Å². The van der Waals surface area contributed by atoms with Crippen LogP contribution in [0.25, 0.3) is 0 Å². The Balaban J connectivity index is 2.33. The van der Waals surface area contributed by atoms with Gasteiger partial charge in [0.05, 0.1) is 0 Å². The summed E-state index contributed by atoms with van der Waals surface area (Å²) < 4.78 is 0. The molecule has 2 nitrogen and oxygen atoms in total. The predicted molar refractivity (Wildman–Crippen MR) is 87.9 cm³/mol. The second kappa shape index (κ2) is 6.10. The first kappa shape index (κ1) is 14.6. The third-order valence-corrected chi connectivity index (χ3v) is 3.84. The topological polar surface area (TPSA) is 29.3 Å². The maximum atomic E-state index is 5.64. The van der Waals surface area contributed by atoms with Crippen molar-refractivity contribution in [3.8, 4) is 0 Å². The van der Waals surface area contributed by atoms with E-state index in [1.807, 2.05) is 0 Å². The summed E-state index contributed by atoms with van der Waals surface area (Å²) in [4.78, 5) is 2.24. The van der Waals surface area contributed by atoms with Crippen LogP contribution in [-0.2, 0) is 6.42 Å². The molecule has 0 atom stereocenters. The van der Waals surface area contributed by atoms with Gasteiger partial charge < -0.3 is 10.6 Å². The lowest BCUT2D eigenvalue weighted by atomic mass is 10.0. The molecule has 0 fully saturated rings. The van der Waals surface area contributed by atoms with E-state index in [9.17, 15) is 0 Å². The molecule has 2 aromatic rings. The monoisotopic (exact) mass is 268 g/mol. The molecule has 2 heteroatoms. The molecule has 0 aliphatic heterocycles. The van der Waals surface area contributed by atoms with Crippen molar-refractivity contribution in [2.75, 3.05) is 18.5 Å². The van der Waals surface area contributed by atoms with Crippen LogP contribution in [0.2, 0.25) is 0 Å². The number of hydrogen-bond donors (Lipinski definition) is 1. The maximum absolute atomic E-state index is 5.64. The van der Waals surface area contributed by atoms with Gasteiger partial charge in [-0.15, -0.1) is 0 Å². The van der Waals surface area contributed by atoms with E-state index in [-0.39, 0.29) is 0 Å². The van der Waals surface area contributed by atoms with Crippen molar-refractivity contribution in [2.45, 2.75) is 27.2 Å². The minimum Gasteiger partial charge on any atom is -0.344 e. The molecule has 0 saturated carbocycles. The van der Waals surface area contributed by atoms with Crippen LogP contribution in [0.3, 0.4) is 0 Å². The van der Waals surface area contributed by atoms with Gasteiger partial charge in [-0.3, -0.25) is 0 Å². The third kappa shape index (κ3) is 3.02. The highest BCUT2D eigenvalue weighted by molar-refractivity contribution is 5.67. The van der Waals surface area contributed by atoms with Crippen LogP contribution in [0.4, 0.5) is 11.4 Å². The standard InChI is InChI=1S/C18H24N2/c1-13-5-8-18(15(3)11-13)20(4)17-7-6-16(9-10-19)14(2)12-17/h5-8,11-12H,9-10,19H2,1-4H3. The summed E-state index contributed by atoms with van der Waals surface area (Å²) in [5.41, 5.74) is 13.4. The Morgan fingerprint density at radius 1 is 0.950 bits per heavy atom. The van der Waals surface area contributed by atoms with Gasteiger partial charge in [0.2, 0.25) is 0 Å². The van der Waals surface area contributed by atoms with Crippen LogP contribution in [0, 0.1) is 20.8 Å². The van der Waals surface area contributed by atoms with Crippen LogP contribution in [0.15, 0.2) is 36.4 Å². The summed E-state index contributed by atoms with van der Waals surface area (Å²) in [6, 6.07) is 13.2. The van der Waals surface area contributed by atoms with Crippen molar-refractivity contribution in [1.29, 1.82) is 0 Å². The average molecular weight is 268 g/mol. The van der Waals surface area contributed by atoms with Crippen molar-refractivity contribution in [3.05, 3.63) is 58.7 Å². The molecule has 0 heterocycles. The molecule has 0 aliphatic rings. The summed E-state index contributed by atoms with van der Waals surface area (Å²) in [5, 5.41) is 0. The van der Waals surface area contributed by atoms with Crippen molar-refractivity contribution in [1.82, 2.24) is 0 Å². The normalized spacial score (nSPS) is 10.7. The molecule has 0 amide bonds. The molecule has 0 bridgehead atoms. The van der Waals surface area contributed by atoms with Gasteiger partial charge in [0.1, 0.15) is 0 Å². The van der Waals surface area contributed by atoms with Gasteiger partial charge in [-0.05, 0) is 68.6 Å². The molecule has 0 unspecified atom stereocenters. The Labute approximate surface area is 122 Å². The molecule has 2 rings (SSSR count). The number of benzene rings is 2. The Bertz CT molecular complexity index is 602. The fourth-order valence-corrected chi connectivity index (χ4v) is 2.65. The van der Waals surface area contributed by atoms with E-state index in [1.54, 1.807) is 0 Å². The molecule has 20 heavy (non-hydrogen) atoms. The van der Waals surface area contributed by atoms with Crippen molar-refractivity contribution in [3.63, 3.8) is 0 Å². The van der Waals surface area contributed by atoms with Gasteiger partial charge in [-0.1, -0.05) is 23.8 Å². The van der Waals surface area contributed by atoms with Crippen LogP contribution < -0.4 is 10.6 Å². The molecule has 2 aromatic carbocycles. The van der Waals surface area contributed by atoms with E-state index in [0.29, 0.717) is 6.54 Å². The van der Waals surface area contributed by atoms with Crippen molar-refractivity contribution >= 4 is 11.4 Å². The van der Waals surface area contributed by atoms with Gasteiger partial charge in [0, 0.05) is 18.4 Å². The first-order valence-corrected chi connectivity index (χ1v) is 7.13. The lowest BCUT2D eigenvalue weighted by molar-refractivity contribution is 0.957. The van der Waals surface area contributed by atoms with Crippen LogP contribution in [0.5, 0.6) is 0 Å². The average Bonchev–Trinajstić information content (AvgIpc) is 2.40. The minimum atomic E-state index is 0.701. The molecule has 0 spiro atoms. The number of hydrogen-bond acceptors (Lipinski definition) is 2. The van der Waals surface area contributed by atoms with E-state index in [1.165, 1.54) is 33.6 Å². The quantitative estimate of drug-likeness (QED) is 0.911. The first-order chi connectivity index (χ1) is 9.52. The Morgan fingerprint density at radius 3 is 2.30 bits per heavy atom. The van der Waals surface area contributed by atoms with Gasteiger partial charge in [-0.25, -0.2) is 0 Å². The second-order valence-corrected chi connectivity index (χ2v) is 5.50. The van der Waals surface area contributed by atoms with Crippen LogP contribution in [-0.4, -0.2) is 13.6 Å². The Hall–Kier alpha value is -1.80. The van der Waals surface area contributed by atoms with Crippen LogP contribution >= 0.6 is 0 Å². The highest BCUT2D eigenvalue weighted by Gasteiger charge is 2.08. The number of aryl methyl sites for hydroxylation is 3. The van der Waals surface area contributed by atoms with E-state index in [4.69, 9.17) is 5.73 Å². The number of nitrogens with two attached hydrogens (primary N) is 1. The van der Waals surface area contributed by atoms with E-state index in [0.717, 1.165) is 6.42 Å². The molecule has 106 valence electrons. The first-order valence-electron chi connectivity index (χ1n) is 7.13. The zero-order valence-electron chi connectivity index (χ0n) is 12.9. The van der Waals surface area contributed by atoms with E-state index in [2.05, 4.69) is 69.1 Å². The fraction of sp³-hybridized carbons (Fsp3) is 0.333. The number of nitrogens with zero attached hydrogens (tertiary/aromatic N) is 1. The number of anilines is 2. The smallest absolute Gasteiger partial charge is 0.0437 e. The molecule has 0 aromatic heterocycles. The molecular weight excluding hydrogens is 244 g/mol. The Kier molecular flexibility index (Phi) is 4.46. The lowest BCUT2D eigenvalue weighted by Gasteiger charge is -2.23. The maximum Gasteiger partial charge on any atom is 0.0437 e. The highest BCUT2D eigenvalue weighted by atomic mass is 15.1. The zero-order valence-corrected chi connectivity index (χ0v) is 12.9. The molecule has 0 radical (unpaired) electrons. The van der Waals surface area contributed by atoms with Crippen LogP contribution in [0.1, 0.15) is 22.3 Å². The summed E-state index contributed by atoms with van der Waals surface area (Å²) in [5.74, 6) is 0. The van der Waals surface area contributed by atoms with E-state index < -0.39 is 0 Å². The minimum absolute atomic E-state index is 0.701. The SMILES string of the molecule is Cc1ccc(N(C)c2ccc(CCN)c(C)c2)c(C)c1. The molecule has 2 N–H and O–H groups in total. The summed E-state index contributed by atoms with van der Waals surface area (Å²) in [6.07, 6.45) is 0.944. The van der Waals surface area contributed by atoms with Gasteiger partial charge in [0.25, 0.3) is 0 Å². The Morgan fingerprint density at radius 2 is 1.70 bits per heavy atom. The predicted octanol–water partition coefficient (Wildman–Crippen LogP) is 3.88. The number of rotatable bonds is 4. The van der Waals surface area contributed by atoms with Crippen molar-refractivity contribution < 1.29 is 0 Å². The lowest BCUT2D eigenvalue weighted by Crippen LogP contribution is -2.12.